The van der Waals surface area contributed by atoms with Crippen LogP contribution in [0.5, 0.6) is 5.75 Å². The summed E-state index contributed by atoms with van der Waals surface area (Å²) in [6, 6.07) is 49.9. The first-order valence-electron chi connectivity index (χ1n) is 20.0. The Kier molecular flexibility index (Phi) is 10.0. The van der Waals surface area contributed by atoms with Crippen LogP contribution in [0.1, 0.15) is 77.6 Å². The summed E-state index contributed by atoms with van der Waals surface area (Å²) in [4.78, 5) is 10.5. The van der Waals surface area contributed by atoms with Gasteiger partial charge in [-0.05, 0) is 58.4 Å². The van der Waals surface area contributed by atoms with E-state index in [0.29, 0.717) is 11.4 Å². The van der Waals surface area contributed by atoms with Gasteiger partial charge in [0.1, 0.15) is 22.7 Å². The Morgan fingerprint density at radius 2 is 1.27 bits per heavy atom. The average molecular weight is 954 g/mol. The topological polar surface area (TPSA) is 64.1 Å². The second-order valence-corrected chi connectivity index (χ2v) is 18.1. The number of benzene rings is 6. The molecular formula is C53H48N3O2Pt-. The van der Waals surface area contributed by atoms with Crippen LogP contribution in [0.15, 0.2) is 144 Å². The molecular weight excluding hydrogens is 906 g/mol. The number of hydrogen-bond acceptors (Lipinski definition) is 4. The Hall–Kier alpha value is -5.77. The molecule has 0 saturated carbocycles. The van der Waals surface area contributed by atoms with E-state index in [1.54, 1.807) is 0 Å². The first-order chi connectivity index (χ1) is 27.7. The molecule has 0 aliphatic heterocycles. The molecule has 59 heavy (non-hydrogen) atoms. The molecule has 0 atom stereocenters. The molecule has 3 aromatic heterocycles. The van der Waals surface area contributed by atoms with E-state index in [1.807, 2.05) is 48.7 Å². The van der Waals surface area contributed by atoms with Gasteiger partial charge in [-0.2, -0.15) is 0 Å². The minimum absolute atomic E-state index is 0. The number of nitrogens with zero attached hydrogens (tertiary/aromatic N) is 3. The van der Waals surface area contributed by atoms with Gasteiger partial charge in [0, 0.05) is 60.4 Å². The van der Waals surface area contributed by atoms with Gasteiger partial charge in [-0.15, -0.1) is 29.3 Å². The number of aromatic hydroxyl groups is 1. The molecule has 3 heterocycles. The van der Waals surface area contributed by atoms with Gasteiger partial charge in [-0.1, -0.05) is 151 Å². The van der Waals surface area contributed by atoms with Crippen LogP contribution in [-0.4, -0.2) is 19.6 Å². The summed E-state index contributed by atoms with van der Waals surface area (Å²) >= 11 is 0. The van der Waals surface area contributed by atoms with Crippen molar-refractivity contribution in [2.24, 2.45) is 0 Å². The molecule has 9 aromatic rings. The molecule has 0 bridgehead atoms. The Morgan fingerprint density at radius 3 is 1.98 bits per heavy atom. The molecule has 0 aliphatic carbocycles. The maximum absolute atomic E-state index is 12.2. The van der Waals surface area contributed by atoms with Crippen LogP contribution in [0.2, 0.25) is 0 Å². The zero-order chi connectivity index (χ0) is 40.6. The molecule has 9 rings (SSSR count). The summed E-state index contributed by atoms with van der Waals surface area (Å²) in [5, 5.41) is 14.2. The Morgan fingerprint density at radius 1 is 0.593 bits per heavy atom. The van der Waals surface area contributed by atoms with E-state index in [1.165, 1.54) is 5.56 Å². The van der Waals surface area contributed by atoms with Crippen LogP contribution < -0.4 is 0 Å². The zero-order valence-electron chi connectivity index (χ0n) is 34.8. The maximum atomic E-state index is 12.2. The Bertz CT molecular complexity index is 3000. The molecule has 298 valence electrons. The van der Waals surface area contributed by atoms with Gasteiger partial charge < -0.3 is 9.52 Å². The van der Waals surface area contributed by atoms with Crippen LogP contribution in [0.3, 0.4) is 0 Å². The van der Waals surface area contributed by atoms with Gasteiger partial charge in [0.15, 0.2) is 0 Å². The number of imidazole rings is 1. The number of para-hydroxylation sites is 3. The van der Waals surface area contributed by atoms with E-state index in [9.17, 15) is 5.11 Å². The average Bonchev–Trinajstić information content (AvgIpc) is 3.79. The summed E-state index contributed by atoms with van der Waals surface area (Å²) in [5.74, 6) is 0.933. The molecule has 0 radical (unpaired) electrons. The van der Waals surface area contributed by atoms with Crippen molar-refractivity contribution < 1.29 is 30.6 Å². The van der Waals surface area contributed by atoms with Gasteiger partial charge in [-0.3, -0.25) is 9.55 Å². The largest absolute Gasteiger partial charge is 0.507 e. The van der Waals surface area contributed by atoms with Gasteiger partial charge in [0.2, 0.25) is 0 Å². The first-order valence-corrected chi connectivity index (χ1v) is 20.0. The summed E-state index contributed by atoms with van der Waals surface area (Å²) in [6.45, 7) is 17.6. The van der Waals surface area contributed by atoms with Crippen molar-refractivity contribution in [3.8, 4) is 45.2 Å². The van der Waals surface area contributed by atoms with Crippen molar-refractivity contribution >= 4 is 33.0 Å². The smallest absolute Gasteiger partial charge is 0.148 e. The van der Waals surface area contributed by atoms with Crippen LogP contribution in [0, 0.1) is 6.07 Å². The fourth-order valence-corrected chi connectivity index (χ4v) is 8.15. The summed E-state index contributed by atoms with van der Waals surface area (Å²) in [5.41, 5.74) is 12.1. The third-order valence-electron chi connectivity index (χ3n) is 11.6. The van der Waals surface area contributed by atoms with Crippen molar-refractivity contribution in [2.75, 3.05) is 0 Å². The first kappa shape index (κ1) is 40.0. The van der Waals surface area contributed by atoms with Crippen molar-refractivity contribution in [3.63, 3.8) is 0 Å². The van der Waals surface area contributed by atoms with Gasteiger partial charge >= 0.3 is 0 Å². The molecule has 6 heteroatoms. The number of rotatable bonds is 6. The van der Waals surface area contributed by atoms with Crippen molar-refractivity contribution in [1.29, 1.82) is 0 Å². The number of hydrogen-bond donors (Lipinski definition) is 1. The van der Waals surface area contributed by atoms with Crippen molar-refractivity contribution in [2.45, 2.75) is 71.6 Å². The second kappa shape index (κ2) is 14.8. The number of fused-ring (bicyclic) bond motifs is 4. The minimum atomic E-state index is -0.353. The summed E-state index contributed by atoms with van der Waals surface area (Å²) in [6.07, 6.45) is 1.91. The van der Waals surface area contributed by atoms with E-state index in [-0.39, 0.29) is 43.1 Å². The number of phenols is 1. The molecule has 0 aliphatic rings. The monoisotopic (exact) mass is 953 g/mol. The Balaban J connectivity index is 0.00000484. The fraction of sp³-hybridized carbons (Fsp3) is 0.208. The number of aromatic nitrogens is 3. The maximum Gasteiger partial charge on any atom is 0.148 e. The van der Waals surface area contributed by atoms with E-state index < -0.39 is 0 Å². The SMILES string of the molecule is CC(C)(C)c1cc(-c2nc3c(-c4[c-]c(-c5cc6oc7ccccc7c6cn5)cc(C(C)(C)c5ccccc5)c4)cccc3n2-c2ccccc2)c(O)c(C(C)(C)C)c1.[Pt]. The number of furan rings is 1. The molecule has 0 unspecified atom stereocenters. The van der Waals surface area contributed by atoms with Crippen molar-refractivity contribution in [1.82, 2.24) is 14.5 Å². The minimum Gasteiger partial charge on any atom is -0.507 e. The zero-order valence-corrected chi connectivity index (χ0v) is 37.1. The van der Waals surface area contributed by atoms with Gasteiger partial charge in [-0.25, -0.2) is 4.98 Å². The van der Waals surface area contributed by atoms with E-state index in [4.69, 9.17) is 14.4 Å². The van der Waals surface area contributed by atoms with Crippen molar-refractivity contribution in [3.05, 3.63) is 168 Å². The van der Waals surface area contributed by atoms with Gasteiger partial charge in [0.25, 0.3) is 0 Å². The molecule has 1 N–H and O–H groups in total. The van der Waals surface area contributed by atoms with Crippen LogP contribution in [0.25, 0.3) is 72.4 Å². The Labute approximate surface area is 361 Å². The van der Waals surface area contributed by atoms with Crippen LogP contribution >= 0.6 is 0 Å². The van der Waals surface area contributed by atoms with Crippen LogP contribution in [-0.2, 0) is 37.3 Å². The van der Waals surface area contributed by atoms with E-state index >= 15 is 0 Å². The molecule has 0 spiro atoms. The van der Waals surface area contributed by atoms with E-state index in [2.05, 4.69) is 157 Å². The molecule has 5 nitrogen and oxygen atoms in total. The predicted molar refractivity (Wildman–Crippen MR) is 239 cm³/mol. The van der Waals surface area contributed by atoms with E-state index in [0.717, 1.165) is 77.7 Å². The molecule has 0 amide bonds. The predicted octanol–water partition coefficient (Wildman–Crippen LogP) is 13.7. The number of pyridine rings is 1. The van der Waals surface area contributed by atoms with Crippen LogP contribution in [0.4, 0.5) is 0 Å². The third kappa shape index (κ3) is 7.10. The summed E-state index contributed by atoms with van der Waals surface area (Å²) < 4.78 is 8.52. The normalized spacial score (nSPS) is 12.3. The van der Waals surface area contributed by atoms with Gasteiger partial charge in [0.05, 0.1) is 16.6 Å². The third-order valence-corrected chi connectivity index (χ3v) is 11.6. The molecule has 0 saturated heterocycles. The number of phenolic OH excluding ortho intramolecular Hbond substituents is 1. The fourth-order valence-electron chi connectivity index (χ4n) is 8.15. The quantitative estimate of drug-likeness (QED) is 0.169. The summed E-state index contributed by atoms with van der Waals surface area (Å²) in [7, 11) is 0. The molecule has 0 fully saturated rings. The standard InChI is InChI=1S/C53H48N3O2.Pt/c1-51(2,3)36-29-41(49(57)43(30-36)52(4,5)6)50-55-48-39(23-17-24-45(48)56(50)38-20-13-10-14-21-38)33-26-34(28-37(27-33)53(7,8)35-18-11-9-12-19-35)44-31-47-42(32-54-44)40-22-15-16-25-46(40)58-47;/h9-25,27-32,57H,1-8H3;/q-1;. The second-order valence-electron chi connectivity index (χ2n) is 18.1. The molecule has 6 aromatic carbocycles.